The summed E-state index contributed by atoms with van der Waals surface area (Å²) in [5, 5.41) is 9.76. The molecule has 8 unspecified atom stereocenters. The molecule has 5 fully saturated rings. The quantitative estimate of drug-likeness (QED) is 0.531. The fourth-order valence-electron chi connectivity index (χ4n) is 6.51. The summed E-state index contributed by atoms with van der Waals surface area (Å²) in [6.07, 6.45) is 11.4. The molecular formula is C24H42N4O4. The number of esters is 1. The molecule has 0 aromatic heterocycles. The van der Waals surface area contributed by atoms with Gasteiger partial charge in [-0.3, -0.25) is 20.9 Å². The summed E-state index contributed by atoms with van der Waals surface area (Å²) in [6, 6.07) is 0.822. The number of ether oxygens (including phenoxy) is 3. The summed E-state index contributed by atoms with van der Waals surface area (Å²) in [7, 11) is 0. The molecule has 4 saturated heterocycles. The van der Waals surface area contributed by atoms with E-state index in [1.54, 1.807) is 0 Å². The molecule has 1 saturated carbocycles. The lowest BCUT2D eigenvalue weighted by molar-refractivity contribution is -0.151. The normalized spacial score (nSPS) is 44.0. The van der Waals surface area contributed by atoms with Gasteiger partial charge in [0.05, 0.1) is 25.5 Å². The number of rotatable bonds is 6. The third kappa shape index (κ3) is 5.65. The van der Waals surface area contributed by atoms with Crippen LogP contribution >= 0.6 is 0 Å². The van der Waals surface area contributed by atoms with Crippen LogP contribution in [0.4, 0.5) is 0 Å². The molecular weight excluding hydrogens is 408 g/mol. The number of hydrogen-bond acceptors (Lipinski definition) is 8. The molecule has 182 valence electrons. The van der Waals surface area contributed by atoms with Crippen LogP contribution in [0, 0.1) is 17.8 Å². The highest BCUT2D eigenvalue weighted by atomic mass is 16.6. The number of hydrazine groups is 1. The van der Waals surface area contributed by atoms with Gasteiger partial charge >= 0.3 is 5.97 Å². The molecule has 0 bridgehead atoms. The second kappa shape index (κ2) is 10.7. The Labute approximate surface area is 192 Å². The van der Waals surface area contributed by atoms with E-state index in [4.69, 9.17) is 14.2 Å². The minimum Gasteiger partial charge on any atom is -0.466 e. The van der Waals surface area contributed by atoms with Gasteiger partial charge in [-0.1, -0.05) is 19.8 Å². The lowest BCUT2D eigenvalue weighted by atomic mass is 9.78. The minimum atomic E-state index is -0.226. The zero-order valence-corrected chi connectivity index (χ0v) is 19.6. The van der Waals surface area contributed by atoms with E-state index >= 15 is 0 Å². The van der Waals surface area contributed by atoms with E-state index in [-0.39, 0.29) is 30.6 Å². The summed E-state index contributed by atoms with van der Waals surface area (Å²) in [5.41, 5.74) is 3.87. The fourth-order valence-corrected chi connectivity index (χ4v) is 6.51. The number of nitrogens with one attached hydrogen (secondary N) is 3. The topological polar surface area (TPSA) is 84.1 Å². The van der Waals surface area contributed by atoms with Crippen molar-refractivity contribution in [2.45, 2.75) is 102 Å². The molecule has 0 radical (unpaired) electrons. The monoisotopic (exact) mass is 450 g/mol. The smallest absolute Gasteiger partial charge is 0.306 e. The van der Waals surface area contributed by atoms with Gasteiger partial charge in [-0.25, -0.2) is 5.01 Å². The van der Waals surface area contributed by atoms with Crippen LogP contribution in [-0.2, 0) is 19.0 Å². The predicted octanol–water partition coefficient (Wildman–Crippen LogP) is 2.10. The fraction of sp³-hybridized carbons (Fsp3) is 0.958. The maximum atomic E-state index is 11.9. The molecule has 4 aliphatic heterocycles. The molecule has 0 aromatic rings. The van der Waals surface area contributed by atoms with Crippen molar-refractivity contribution in [2.75, 3.05) is 26.4 Å². The van der Waals surface area contributed by atoms with Crippen molar-refractivity contribution in [1.82, 2.24) is 21.1 Å². The van der Waals surface area contributed by atoms with Gasteiger partial charge in [-0.2, -0.15) is 0 Å². The number of carbonyl (C=O) groups excluding carboxylic acids is 1. The molecule has 5 aliphatic rings. The maximum Gasteiger partial charge on any atom is 0.306 e. The van der Waals surface area contributed by atoms with Crippen LogP contribution < -0.4 is 16.1 Å². The van der Waals surface area contributed by atoms with Crippen LogP contribution in [0.3, 0.4) is 0 Å². The number of hydrogen-bond donors (Lipinski definition) is 3. The van der Waals surface area contributed by atoms with Gasteiger partial charge in [0.1, 0.15) is 0 Å². The molecule has 3 N–H and O–H groups in total. The van der Waals surface area contributed by atoms with Gasteiger partial charge in [-0.15, -0.1) is 0 Å². The summed E-state index contributed by atoms with van der Waals surface area (Å²) >= 11 is 0. The highest BCUT2D eigenvalue weighted by molar-refractivity contribution is 5.70. The van der Waals surface area contributed by atoms with Gasteiger partial charge in [0, 0.05) is 31.7 Å². The predicted molar refractivity (Wildman–Crippen MR) is 120 cm³/mol. The molecule has 0 spiro atoms. The first kappa shape index (κ1) is 23.0. The molecule has 1 aliphatic carbocycles. The Kier molecular flexibility index (Phi) is 7.66. The Bertz CT molecular complexity index is 631. The first-order chi connectivity index (χ1) is 15.6. The Balaban J connectivity index is 1.21. The molecule has 0 aromatic carbocycles. The van der Waals surface area contributed by atoms with E-state index < -0.39 is 0 Å². The minimum absolute atomic E-state index is 0.0688. The maximum absolute atomic E-state index is 11.9. The van der Waals surface area contributed by atoms with Crippen molar-refractivity contribution in [3.05, 3.63) is 0 Å². The Hall–Kier alpha value is -0.770. The first-order valence-electron chi connectivity index (χ1n) is 13.1. The van der Waals surface area contributed by atoms with Crippen molar-refractivity contribution in [2.24, 2.45) is 17.8 Å². The van der Waals surface area contributed by atoms with Crippen LogP contribution in [0.5, 0.6) is 0 Å². The van der Waals surface area contributed by atoms with Crippen molar-refractivity contribution in [3.8, 4) is 0 Å². The van der Waals surface area contributed by atoms with E-state index in [2.05, 4.69) is 28.0 Å². The van der Waals surface area contributed by atoms with E-state index in [0.29, 0.717) is 31.6 Å². The van der Waals surface area contributed by atoms with Crippen LogP contribution in [0.25, 0.3) is 0 Å². The van der Waals surface area contributed by atoms with Crippen LogP contribution in [-0.4, -0.2) is 68.0 Å². The van der Waals surface area contributed by atoms with Crippen LogP contribution in [0.2, 0.25) is 0 Å². The SMILES string of the molecule is CC1CCCC(C2CCN(C3CC(C4CCOC(=O)C4)NC(OCC4CCCO4)N3)N2)C1. The van der Waals surface area contributed by atoms with Crippen molar-refractivity contribution in [3.63, 3.8) is 0 Å². The number of carbonyl (C=O) groups is 1. The van der Waals surface area contributed by atoms with Gasteiger partial charge in [0.15, 0.2) is 6.35 Å². The molecule has 4 heterocycles. The number of nitrogens with zero attached hydrogens (tertiary/aromatic N) is 1. The largest absolute Gasteiger partial charge is 0.466 e. The second-order valence-electron chi connectivity index (χ2n) is 10.8. The highest BCUT2D eigenvalue weighted by Crippen LogP contribution is 2.34. The van der Waals surface area contributed by atoms with E-state index in [1.807, 2.05) is 0 Å². The Morgan fingerprint density at radius 2 is 1.94 bits per heavy atom. The second-order valence-corrected chi connectivity index (χ2v) is 10.8. The Morgan fingerprint density at radius 1 is 1.00 bits per heavy atom. The van der Waals surface area contributed by atoms with Crippen molar-refractivity contribution < 1.29 is 19.0 Å². The summed E-state index contributed by atoms with van der Waals surface area (Å²) in [5.74, 6) is 1.88. The van der Waals surface area contributed by atoms with Crippen molar-refractivity contribution >= 4 is 5.97 Å². The van der Waals surface area contributed by atoms with Gasteiger partial charge in [0.2, 0.25) is 0 Å². The number of cyclic esters (lactones) is 1. The lowest BCUT2D eigenvalue weighted by Crippen LogP contribution is -2.67. The van der Waals surface area contributed by atoms with Crippen LogP contribution in [0.1, 0.15) is 71.1 Å². The van der Waals surface area contributed by atoms with E-state index in [9.17, 15) is 4.79 Å². The standard InChI is InChI=1S/C24H42N4O4/c1-16-4-2-5-17(12-16)20-7-9-28(27-20)22-14-21(18-8-11-31-23(29)13-18)25-24(26-22)32-15-19-6-3-10-30-19/h16-22,24-27H,2-15H2,1H3. The first-order valence-corrected chi connectivity index (χ1v) is 13.1. The van der Waals surface area contributed by atoms with Crippen molar-refractivity contribution in [1.29, 1.82) is 0 Å². The average molecular weight is 451 g/mol. The molecule has 8 atom stereocenters. The third-order valence-electron chi connectivity index (χ3n) is 8.34. The Morgan fingerprint density at radius 3 is 2.75 bits per heavy atom. The average Bonchev–Trinajstić information content (AvgIpc) is 3.50. The summed E-state index contributed by atoms with van der Waals surface area (Å²) < 4.78 is 17.2. The summed E-state index contributed by atoms with van der Waals surface area (Å²) in [4.78, 5) is 11.9. The molecule has 32 heavy (non-hydrogen) atoms. The van der Waals surface area contributed by atoms with E-state index in [1.165, 1.54) is 32.1 Å². The molecule has 8 heteroatoms. The molecule has 0 amide bonds. The summed E-state index contributed by atoms with van der Waals surface area (Å²) in [6.45, 7) is 5.44. The van der Waals surface area contributed by atoms with E-state index in [0.717, 1.165) is 50.7 Å². The lowest BCUT2D eigenvalue weighted by Gasteiger charge is -2.44. The van der Waals surface area contributed by atoms with Crippen LogP contribution in [0.15, 0.2) is 0 Å². The van der Waals surface area contributed by atoms with Gasteiger partial charge in [-0.05, 0) is 62.7 Å². The zero-order valence-electron chi connectivity index (χ0n) is 19.6. The zero-order chi connectivity index (χ0) is 21.9. The van der Waals surface area contributed by atoms with Gasteiger partial charge < -0.3 is 14.2 Å². The third-order valence-corrected chi connectivity index (χ3v) is 8.34. The van der Waals surface area contributed by atoms with Gasteiger partial charge in [0.25, 0.3) is 0 Å². The highest BCUT2D eigenvalue weighted by Gasteiger charge is 2.41. The molecule has 5 rings (SSSR count). The molecule has 8 nitrogen and oxygen atoms in total.